The molecule has 1 aliphatic rings. The van der Waals surface area contributed by atoms with Crippen LogP contribution < -0.4 is 16.2 Å². The number of ether oxygens (including phenoxy) is 1. The van der Waals surface area contributed by atoms with Crippen molar-refractivity contribution < 1.29 is 9.13 Å². The number of anilines is 1. The van der Waals surface area contributed by atoms with Gasteiger partial charge in [0, 0.05) is 26.2 Å². The van der Waals surface area contributed by atoms with E-state index in [1.165, 1.54) is 12.1 Å². The lowest BCUT2D eigenvalue weighted by Gasteiger charge is -2.26. The molecule has 2 rings (SSSR count). The summed E-state index contributed by atoms with van der Waals surface area (Å²) in [5, 5.41) is 3.63. The van der Waals surface area contributed by atoms with Gasteiger partial charge in [-0.2, -0.15) is 0 Å². The Hall–Kier alpha value is -1.44. The van der Waals surface area contributed by atoms with E-state index in [-0.39, 0.29) is 5.82 Å². The smallest absolute Gasteiger partial charge is 0.185 e. The molecule has 0 bridgehead atoms. The van der Waals surface area contributed by atoms with Crippen molar-refractivity contribution in [1.82, 2.24) is 15.6 Å². The van der Waals surface area contributed by atoms with Gasteiger partial charge < -0.3 is 10.1 Å². The zero-order valence-corrected chi connectivity index (χ0v) is 12.0. The second-order valence-corrected chi connectivity index (χ2v) is 4.88. The third kappa shape index (κ3) is 5.28. The number of halogens is 1. The van der Waals surface area contributed by atoms with Gasteiger partial charge in [0.05, 0.1) is 18.9 Å². The molecule has 0 aliphatic carbocycles. The fourth-order valence-electron chi connectivity index (χ4n) is 1.86. The topological polar surface area (TPSA) is 48.6 Å². The lowest BCUT2D eigenvalue weighted by molar-refractivity contribution is 0.0389. The van der Waals surface area contributed by atoms with Gasteiger partial charge in [-0.1, -0.05) is 0 Å². The summed E-state index contributed by atoms with van der Waals surface area (Å²) in [6.07, 6.45) is 0. The highest BCUT2D eigenvalue weighted by molar-refractivity contribution is 7.80. The van der Waals surface area contributed by atoms with Crippen molar-refractivity contribution in [2.75, 3.05) is 44.8 Å². The number of hydrazine groups is 1. The molecule has 1 aromatic rings. The number of hydrogen-bond donors (Lipinski definition) is 3. The van der Waals surface area contributed by atoms with Gasteiger partial charge in [0.15, 0.2) is 5.11 Å². The SMILES string of the molecule is Fc1ccc(NNC(=S)NCCN2CCOCC2)cc1. The summed E-state index contributed by atoms with van der Waals surface area (Å²) in [6, 6.07) is 6.05. The highest BCUT2D eigenvalue weighted by Crippen LogP contribution is 2.06. The van der Waals surface area contributed by atoms with Crippen LogP contribution in [0.25, 0.3) is 0 Å². The molecule has 0 atom stereocenters. The number of benzene rings is 1. The normalized spacial score (nSPS) is 15.7. The number of nitrogens with one attached hydrogen (secondary N) is 3. The molecular formula is C13H19FN4OS. The maximum Gasteiger partial charge on any atom is 0.185 e. The van der Waals surface area contributed by atoms with E-state index in [1.807, 2.05) is 0 Å². The Morgan fingerprint density at radius 1 is 1.25 bits per heavy atom. The predicted molar refractivity (Wildman–Crippen MR) is 81.0 cm³/mol. The first-order chi connectivity index (χ1) is 9.74. The molecule has 5 nitrogen and oxygen atoms in total. The van der Waals surface area contributed by atoms with Crippen LogP contribution in [0.3, 0.4) is 0 Å². The average molecular weight is 298 g/mol. The Morgan fingerprint density at radius 2 is 1.95 bits per heavy atom. The van der Waals surface area contributed by atoms with E-state index in [4.69, 9.17) is 17.0 Å². The van der Waals surface area contributed by atoms with Gasteiger partial charge in [0.25, 0.3) is 0 Å². The minimum absolute atomic E-state index is 0.262. The van der Waals surface area contributed by atoms with Crippen molar-refractivity contribution in [1.29, 1.82) is 0 Å². The Balaban J connectivity index is 1.59. The van der Waals surface area contributed by atoms with Crippen LogP contribution in [0.15, 0.2) is 24.3 Å². The minimum Gasteiger partial charge on any atom is -0.379 e. The number of morpholine rings is 1. The number of nitrogens with zero attached hydrogens (tertiary/aromatic N) is 1. The van der Waals surface area contributed by atoms with E-state index >= 15 is 0 Å². The zero-order chi connectivity index (χ0) is 14.2. The highest BCUT2D eigenvalue weighted by Gasteiger charge is 2.09. The van der Waals surface area contributed by atoms with Crippen molar-refractivity contribution in [3.63, 3.8) is 0 Å². The van der Waals surface area contributed by atoms with Crippen molar-refractivity contribution in [2.24, 2.45) is 0 Å². The molecule has 0 saturated carbocycles. The molecule has 7 heteroatoms. The fraction of sp³-hybridized carbons (Fsp3) is 0.462. The van der Waals surface area contributed by atoms with Crippen molar-refractivity contribution in [2.45, 2.75) is 0 Å². The van der Waals surface area contributed by atoms with E-state index in [2.05, 4.69) is 21.1 Å². The van der Waals surface area contributed by atoms with Crippen molar-refractivity contribution in [3.8, 4) is 0 Å². The van der Waals surface area contributed by atoms with E-state index in [0.717, 1.165) is 45.1 Å². The van der Waals surface area contributed by atoms with E-state index in [9.17, 15) is 4.39 Å². The van der Waals surface area contributed by atoms with E-state index < -0.39 is 0 Å². The van der Waals surface area contributed by atoms with E-state index in [0.29, 0.717) is 5.11 Å². The van der Waals surface area contributed by atoms with Gasteiger partial charge in [-0.15, -0.1) is 0 Å². The molecule has 20 heavy (non-hydrogen) atoms. The quantitative estimate of drug-likeness (QED) is 0.556. The third-order valence-electron chi connectivity index (χ3n) is 2.98. The van der Waals surface area contributed by atoms with Crippen LogP contribution in [-0.4, -0.2) is 49.4 Å². The maximum atomic E-state index is 12.7. The first kappa shape index (κ1) is 15.0. The molecule has 0 unspecified atom stereocenters. The second-order valence-electron chi connectivity index (χ2n) is 4.47. The number of hydrogen-bond acceptors (Lipinski definition) is 4. The van der Waals surface area contributed by atoms with Crippen molar-refractivity contribution in [3.05, 3.63) is 30.1 Å². The summed E-state index contributed by atoms with van der Waals surface area (Å²) in [7, 11) is 0. The molecule has 1 saturated heterocycles. The summed E-state index contributed by atoms with van der Waals surface area (Å²) >= 11 is 5.14. The van der Waals surface area contributed by atoms with Crippen LogP contribution in [0.4, 0.5) is 10.1 Å². The van der Waals surface area contributed by atoms with Crippen molar-refractivity contribution >= 4 is 23.0 Å². The molecule has 0 amide bonds. The minimum atomic E-state index is -0.262. The molecular weight excluding hydrogens is 279 g/mol. The standard InChI is InChI=1S/C13H19FN4OS/c14-11-1-3-12(4-2-11)16-17-13(20)15-5-6-18-7-9-19-10-8-18/h1-4,16H,5-10H2,(H2,15,17,20). The molecule has 3 N–H and O–H groups in total. The summed E-state index contributed by atoms with van der Waals surface area (Å²) < 4.78 is 18.0. The molecule has 1 heterocycles. The Labute approximate surface area is 123 Å². The third-order valence-corrected chi connectivity index (χ3v) is 3.23. The largest absolute Gasteiger partial charge is 0.379 e. The lowest BCUT2D eigenvalue weighted by atomic mass is 10.3. The van der Waals surface area contributed by atoms with Crippen LogP contribution in [0.5, 0.6) is 0 Å². The monoisotopic (exact) mass is 298 g/mol. The Bertz CT molecular complexity index is 423. The summed E-state index contributed by atoms with van der Waals surface area (Å²) in [5.74, 6) is -0.262. The van der Waals surface area contributed by atoms with Gasteiger partial charge in [0.2, 0.25) is 0 Å². The van der Waals surface area contributed by atoms with Gasteiger partial charge in [-0.05, 0) is 36.5 Å². The summed E-state index contributed by atoms with van der Waals surface area (Å²) in [5.41, 5.74) is 6.52. The molecule has 1 aliphatic heterocycles. The molecule has 0 radical (unpaired) electrons. The maximum absolute atomic E-state index is 12.7. The van der Waals surface area contributed by atoms with Crippen LogP contribution >= 0.6 is 12.2 Å². The Kier molecular flexibility index (Phi) is 5.97. The average Bonchev–Trinajstić information content (AvgIpc) is 2.48. The first-order valence-electron chi connectivity index (χ1n) is 6.59. The highest BCUT2D eigenvalue weighted by atomic mass is 32.1. The predicted octanol–water partition coefficient (Wildman–Crippen LogP) is 0.949. The molecule has 110 valence electrons. The molecule has 0 aromatic heterocycles. The van der Waals surface area contributed by atoms with Crippen LogP contribution in [0.2, 0.25) is 0 Å². The van der Waals surface area contributed by atoms with E-state index in [1.54, 1.807) is 12.1 Å². The summed E-state index contributed by atoms with van der Waals surface area (Å²) in [6.45, 7) is 5.24. The van der Waals surface area contributed by atoms with Gasteiger partial charge in [0.1, 0.15) is 5.82 Å². The second kappa shape index (κ2) is 7.98. The van der Waals surface area contributed by atoms with Crippen LogP contribution in [0.1, 0.15) is 0 Å². The van der Waals surface area contributed by atoms with Gasteiger partial charge in [-0.3, -0.25) is 15.8 Å². The van der Waals surface area contributed by atoms with Gasteiger partial charge in [-0.25, -0.2) is 4.39 Å². The first-order valence-corrected chi connectivity index (χ1v) is 7.00. The van der Waals surface area contributed by atoms with Crippen LogP contribution in [0, 0.1) is 5.82 Å². The lowest BCUT2D eigenvalue weighted by Crippen LogP contribution is -2.44. The zero-order valence-electron chi connectivity index (χ0n) is 11.2. The Morgan fingerprint density at radius 3 is 2.65 bits per heavy atom. The molecule has 1 aromatic carbocycles. The summed E-state index contributed by atoms with van der Waals surface area (Å²) in [4.78, 5) is 2.33. The molecule has 1 fully saturated rings. The number of thiocarbonyl (C=S) groups is 1. The fourth-order valence-corrected chi connectivity index (χ4v) is 2.01. The number of rotatable bonds is 5. The molecule has 0 spiro atoms. The van der Waals surface area contributed by atoms with Gasteiger partial charge >= 0.3 is 0 Å². The van der Waals surface area contributed by atoms with Crippen LogP contribution in [-0.2, 0) is 4.74 Å².